The quantitative estimate of drug-likeness (QED) is 0.873. The molecular formula is C17H21N3O. The molecule has 1 amide bonds. The van der Waals surface area contributed by atoms with E-state index in [9.17, 15) is 4.79 Å². The molecule has 2 aliphatic rings. The third-order valence-electron chi connectivity index (χ3n) is 4.89. The van der Waals surface area contributed by atoms with E-state index < -0.39 is 0 Å². The van der Waals surface area contributed by atoms with Crippen LogP contribution in [0.5, 0.6) is 0 Å². The highest BCUT2D eigenvalue weighted by atomic mass is 16.2. The van der Waals surface area contributed by atoms with Crippen LogP contribution < -0.4 is 0 Å². The Bertz CT molecular complexity index is 663. The fourth-order valence-electron chi connectivity index (χ4n) is 3.75. The maximum absolute atomic E-state index is 12.8. The molecule has 2 aromatic rings. The fourth-order valence-corrected chi connectivity index (χ4v) is 3.75. The molecule has 21 heavy (non-hydrogen) atoms. The topological polar surface area (TPSA) is 39.3 Å². The van der Waals surface area contributed by atoms with Crippen molar-refractivity contribution in [3.63, 3.8) is 0 Å². The van der Waals surface area contributed by atoms with Gasteiger partial charge in [0.2, 0.25) is 0 Å². The van der Waals surface area contributed by atoms with Gasteiger partial charge in [-0.25, -0.2) is 0 Å². The molecule has 1 aromatic heterocycles. The first-order valence-electron chi connectivity index (χ1n) is 7.92. The highest BCUT2D eigenvalue weighted by Crippen LogP contribution is 2.23. The second-order valence-corrected chi connectivity index (χ2v) is 6.22. The molecule has 1 aromatic carbocycles. The van der Waals surface area contributed by atoms with Crippen LogP contribution in [0.2, 0.25) is 0 Å². The zero-order chi connectivity index (χ0) is 14.2. The van der Waals surface area contributed by atoms with E-state index in [2.05, 4.69) is 14.8 Å². The predicted molar refractivity (Wildman–Crippen MR) is 83.4 cm³/mol. The van der Waals surface area contributed by atoms with Crippen LogP contribution in [0.25, 0.3) is 10.9 Å². The minimum Gasteiger partial charge on any atom is -0.361 e. The zero-order valence-corrected chi connectivity index (χ0v) is 12.2. The largest absolute Gasteiger partial charge is 0.361 e. The van der Waals surface area contributed by atoms with Gasteiger partial charge < -0.3 is 9.88 Å². The van der Waals surface area contributed by atoms with E-state index >= 15 is 0 Å². The van der Waals surface area contributed by atoms with Gasteiger partial charge in [-0.05, 0) is 49.4 Å². The summed E-state index contributed by atoms with van der Waals surface area (Å²) in [5.74, 6) is 0.181. The Morgan fingerprint density at radius 2 is 2.05 bits per heavy atom. The molecule has 0 spiro atoms. The molecule has 0 radical (unpaired) electrons. The second-order valence-electron chi connectivity index (χ2n) is 6.22. The van der Waals surface area contributed by atoms with Gasteiger partial charge in [-0.3, -0.25) is 9.69 Å². The Morgan fingerprint density at radius 3 is 3.00 bits per heavy atom. The van der Waals surface area contributed by atoms with Crippen molar-refractivity contribution >= 4 is 16.8 Å². The molecule has 0 aliphatic carbocycles. The molecule has 2 saturated heterocycles. The zero-order valence-electron chi connectivity index (χ0n) is 12.2. The van der Waals surface area contributed by atoms with E-state index in [-0.39, 0.29) is 5.91 Å². The molecule has 0 saturated carbocycles. The Kier molecular flexibility index (Phi) is 3.19. The lowest BCUT2D eigenvalue weighted by molar-refractivity contribution is 0.0743. The number of nitrogens with one attached hydrogen (secondary N) is 1. The molecule has 1 unspecified atom stereocenters. The van der Waals surface area contributed by atoms with E-state index in [0.29, 0.717) is 6.04 Å². The summed E-state index contributed by atoms with van der Waals surface area (Å²) >= 11 is 0. The average Bonchev–Trinajstić information content (AvgIpc) is 3.10. The van der Waals surface area contributed by atoms with Crippen molar-refractivity contribution in [3.05, 3.63) is 36.0 Å². The number of aromatic amines is 1. The highest BCUT2D eigenvalue weighted by Gasteiger charge is 2.30. The molecule has 110 valence electrons. The van der Waals surface area contributed by atoms with Crippen molar-refractivity contribution in [2.24, 2.45) is 0 Å². The lowest BCUT2D eigenvalue weighted by atomic mass is 10.1. The number of rotatable bonds is 1. The van der Waals surface area contributed by atoms with Gasteiger partial charge in [0, 0.05) is 43.0 Å². The monoisotopic (exact) mass is 283 g/mol. The van der Waals surface area contributed by atoms with Crippen LogP contribution in [-0.2, 0) is 0 Å². The highest BCUT2D eigenvalue weighted by molar-refractivity contribution is 5.98. The summed E-state index contributed by atoms with van der Waals surface area (Å²) in [6.45, 7) is 4.13. The van der Waals surface area contributed by atoms with Crippen LogP contribution >= 0.6 is 0 Å². The summed E-state index contributed by atoms with van der Waals surface area (Å²) in [5, 5.41) is 1.16. The third-order valence-corrected chi connectivity index (χ3v) is 4.89. The van der Waals surface area contributed by atoms with Crippen LogP contribution in [0.4, 0.5) is 0 Å². The molecule has 1 N–H and O–H groups in total. The Morgan fingerprint density at radius 1 is 1.14 bits per heavy atom. The Hall–Kier alpha value is -1.81. The third kappa shape index (κ3) is 2.33. The van der Waals surface area contributed by atoms with Crippen molar-refractivity contribution in [2.45, 2.75) is 25.3 Å². The number of hydrogen-bond acceptors (Lipinski definition) is 2. The van der Waals surface area contributed by atoms with Gasteiger partial charge in [-0.1, -0.05) is 6.07 Å². The second kappa shape index (κ2) is 5.19. The first-order valence-corrected chi connectivity index (χ1v) is 7.92. The average molecular weight is 283 g/mol. The Labute approximate surface area is 124 Å². The molecule has 3 heterocycles. The van der Waals surface area contributed by atoms with Gasteiger partial charge in [0.15, 0.2) is 0 Å². The number of H-pyrrole nitrogens is 1. The number of hydrogen-bond donors (Lipinski definition) is 1. The molecule has 1 atom stereocenters. The normalized spacial score (nSPS) is 23.2. The number of benzene rings is 1. The van der Waals surface area contributed by atoms with Gasteiger partial charge in [0.25, 0.3) is 5.91 Å². The molecule has 4 nitrogen and oxygen atoms in total. The van der Waals surface area contributed by atoms with Gasteiger partial charge in [0.1, 0.15) is 0 Å². The van der Waals surface area contributed by atoms with Gasteiger partial charge in [0.05, 0.1) is 0 Å². The van der Waals surface area contributed by atoms with Crippen molar-refractivity contribution in [1.29, 1.82) is 0 Å². The summed E-state index contributed by atoms with van der Waals surface area (Å²) in [7, 11) is 0. The molecule has 2 aliphatic heterocycles. The molecule has 2 fully saturated rings. The van der Waals surface area contributed by atoms with E-state index in [0.717, 1.165) is 42.5 Å². The number of nitrogens with zero attached hydrogens (tertiary/aromatic N) is 2. The van der Waals surface area contributed by atoms with Crippen molar-refractivity contribution in [1.82, 2.24) is 14.8 Å². The predicted octanol–water partition coefficient (Wildman–Crippen LogP) is 2.48. The van der Waals surface area contributed by atoms with E-state index in [1.165, 1.54) is 19.4 Å². The van der Waals surface area contributed by atoms with Crippen LogP contribution in [-0.4, -0.2) is 52.9 Å². The summed E-state index contributed by atoms with van der Waals surface area (Å²) in [5.41, 5.74) is 1.84. The lowest BCUT2D eigenvalue weighted by Crippen LogP contribution is -2.39. The Balaban J connectivity index is 1.57. The first-order chi connectivity index (χ1) is 10.3. The number of amides is 1. The van der Waals surface area contributed by atoms with Crippen LogP contribution in [0.3, 0.4) is 0 Å². The van der Waals surface area contributed by atoms with Crippen molar-refractivity contribution in [2.75, 3.05) is 26.2 Å². The molecule has 4 rings (SSSR count). The van der Waals surface area contributed by atoms with Crippen LogP contribution in [0, 0.1) is 0 Å². The standard InChI is InChI=1S/C17H21N3O/c21-17(14-5-4-13-6-7-18-16(13)11-14)20-10-2-9-19-8-1-3-15(19)12-20/h4-7,11,15,18H,1-3,8-10,12H2. The lowest BCUT2D eigenvalue weighted by Gasteiger charge is -2.25. The van der Waals surface area contributed by atoms with Crippen LogP contribution in [0.1, 0.15) is 29.6 Å². The minimum absolute atomic E-state index is 0.181. The number of aromatic nitrogens is 1. The van der Waals surface area contributed by atoms with Crippen molar-refractivity contribution in [3.8, 4) is 0 Å². The maximum atomic E-state index is 12.8. The van der Waals surface area contributed by atoms with E-state index in [1.807, 2.05) is 30.5 Å². The smallest absolute Gasteiger partial charge is 0.253 e. The summed E-state index contributed by atoms with van der Waals surface area (Å²) < 4.78 is 0. The summed E-state index contributed by atoms with van der Waals surface area (Å²) in [6.07, 6.45) is 5.52. The van der Waals surface area contributed by atoms with Gasteiger partial charge >= 0.3 is 0 Å². The number of carbonyl (C=O) groups is 1. The maximum Gasteiger partial charge on any atom is 0.253 e. The van der Waals surface area contributed by atoms with Gasteiger partial charge in [-0.2, -0.15) is 0 Å². The van der Waals surface area contributed by atoms with Crippen LogP contribution in [0.15, 0.2) is 30.5 Å². The number of carbonyl (C=O) groups excluding carboxylic acids is 1. The number of fused-ring (bicyclic) bond motifs is 2. The van der Waals surface area contributed by atoms with E-state index in [1.54, 1.807) is 0 Å². The van der Waals surface area contributed by atoms with E-state index in [4.69, 9.17) is 0 Å². The molecule has 4 heteroatoms. The minimum atomic E-state index is 0.181. The summed E-state index contributed by atoms with van der Waals surface area (Å²) in [4.78, 5) is 20.6. The van der Waals surface area contributed by atoms with Crippen molar-refractivity contribution < 1.29 is 4.79 Å². The SMILES string of the molecule is O=C(c1ccc2cc[nH]c2c1)N1CCCN2CCCC2C1. The summed E-state index contributed by atoms with van der Waals surface area (Å²) in [6, 6.07) is 8.57. The van der Waals surface area contributed by atoms with Gasteiger partial charge in [-0.15, -0.1) is 0 Å². The molecule has 0 bridgehead atoms. The molecular weight excluding hydrogens is 262 g/mol. The first kappa shape index (κ1) is 12.9. The fraction of sp³-hybridized carbons (Fsp3) is 0.471.